The van der Waals surface area contributed by atoms with Gasteiger partial charge in [0.1, 0.15) is 30.9 Å². The van der Waals surface area contributed by atoms with Crippen molar-refractivity contribution in [1.82, 2.24) is 0 Å². The third kappa shape index (κ3) is 8.09. The molecule has 0 N–H and O–H groups in total. The molecule has 4 rings (SSSR count). The van der Waals surface area contributed by atoms with Crippen molar-refractivity contribution in [3.63, 3.8) is 0 Å². The van der Waals surface area contributed by atoms with Crippen molar-refractivity contribution >= 4 is 40.4 Å². The minimum Gasteiger partial charge on any atom is -0.463 e. The van der Waals surface area contributed by atoms with Crippen LogP contribution in [0.1, 0.15) is 26.3 Å². The van der Waals surface area contributed by atoms with Crippen molar-refractivity contribution < 1.29 is 38.1 Å². The Morgan fingerprint density at radius 2 is 1.48 bits per heavy atom. The summed E-state index contributed by atoms with van der Waals surface area (Å²) in [6.07, 6.45) is -3.84. The van der Waals surface area contributed by atoms with Gasteiger partial charge >= 0.3 is 17.9 Å². The summed E-state index contributed by atoms with van der Waals surface area (Å²) in [5.41, 5.74) is 0.0353. The largest absolute Gasteiger partial charge is 0.463 e. The number of fused-ring (bicyclic) bond motifs is 1. The average Bonchev–Trinajstić information content (AvgIpc) is 2.92. The topological polar surface area (TPSA) is 97.4 Å². The van der Waals surface area contributed by atoms with Gasteiger partial charge in [-0.25, -0.2) is 0 Å². The maximum absolute atomic E-state index is 12.2. The number of rotatable bonds is 8. The first-order valence-electron chi connectivity index (χ1n) is 12.7. The maximum atomic E-state index is 12.2. The van der Waals surface area contributed by atoms with Crippen LogP contribution in [0.15, 0.2) is 77.7 Å². The van der Waals surface area contributed by atoms with Gasteiger partial charge in [0.25, 0.3) is 0 Å². The fourth-order valence-corrected chi connectivity index (χ4v) is 5.47. The van der Waals surface area contributed by atoms with E-state index in [-0.39, 0.29) is 13.2 Å². The smallest absolute Gasteiger partial charge is 0.303 e. The van der Waals surface area contributed by atoms with Crippen LogP contribution in [0, 0.1) is 11.8 Å². The van der Waals surface area contributed by atoms with Crippen LogP contribution in [0.3, 0.4) is 0 Å². The molecule has 1 aliphatic heterocycles. The highest BCUT2D eigenvalue weighted by atomic mass is 32.2. The van der Waals surface area contributed by atoms with E-state index in [0.717, 1.165) is 21.2 Å². The standard InChI is InChI=1S/C31H30O8S/c1-20(32)36-19-27-28(37-21(2)33)29(35-17-9-12-23-10-5-4-6-11-23)30(38-22(3)34)31(39-27)40-26-16-15-24-13-7-8-14-25(24)18-26/h4-8,10-11,13-16,18,27-31H,17,19H2,1-3H3/t27-,28+,29+,30-,31+/m1/s1. The molecule has 0 aliphatic carbocycles. The molecular formula is C31H30O8S. The zero-order valence-corrected chi connectivity index (χ0v) is 23.2. The predicted octanol–water partition coefficient (Wildman–Crippen LogP) is 4.52. The number of thioether (sulfide) groups is 1. The molecule has 5 atom stereocenters. The summed E-state index contributed by atoms with van der Waals surface area (Å²) in [6.45, 7) is 3.59. The molecule has 0 amide bonds. The summed E-state index contributed by atoms with van der Waals surface area (Å²) in [5, 5.41) is 2.11. The number of ether oxygens (including phenoxy) is 5. The van der Waals surface area contributed by atoms with Gasteiger partial charge in [0.05, 0.1) is 0 Å². The first-order chi connectivity index (χ1) is 19.3. The van der Waals surface area contributed by atoms with Gasteiger partial charge in [0, 0.05) is 31.2 Å². The van der Waals surface area contributed by atoms with Crippen molar-refractivity contribution in [3.05, 3.63) is 78.4 Å². The normalized spacial score (nSPS) is 22.0. The Hall–Kier alpha value is -3.84. The van der Waals surface area contributed by atoms with E-state index in [4.69, 9.17) is 23.7 Å². The van der Waals surface area contributed by atoms with E-state index in [1.807, 2.05) is 72.8 Å². The molecule has 0 bridgehead atoms. The molecule has 3 aromatic carbocycles. The molecule has 208 valence electrons. The molecule has 40 heavy (non-hydrogen) atoms. The summed E-state index contributed by atoms with van der Waals surface area (Å²) in [7, 11) is 0. The van der Waals surface area contributed by atoms with Gasteiger partial charge in [-0.2, -0.15) is 0 Å². The summed E-state index contributed by atoms with van der Waals surface area (Å²) in [6, 6.07) is 23.3. The molecule has 1 saturated heterocycles. The van der Waals surface area contributed by atoms with E-state index in [2.05, 4.69) is 11.8 Å². The molecular weight excluding hydrogens is 532 g/mol. The zero-order valence-electron chi connectivity index (χ0n) is 22.4. The van der Waals surface area contributed by atoms with Gasteiger partial charge in [0.2, 0.25) is 0 Å². The zero-order chi connectivity index (χ0) is 28.5. The molecule has 1 heterocycles. The Bertz CT molecular complexity index is 1400. The Kier molecular flexibility index (Phi) is 10.2. The lowest BCUT2D eigenvalue weighted by atomic mass is 9.99. The van der Waals surface area contributed by atoms with Crippen LogP contribution in [-0.2, 0) is 38.1 Å². The minimum atomic E-state index is -1.03. The predicted molar refractivity (Wildman–Crippen MR) is 149 cm³/mol. The number of carbonyl (C=O) groups is 3. The lowest BCUT2D eigenvalue weighted by Crippen LogP contribution is -2.61. The van der Waals surface area contributed by atoms with Gasteiger partial charge in [-0.05, 0) is 35.0 Å². The minimum absolute atomic E-state index is 0.0390. The fourth-order valence-electron chi connectivity index (χ4n) is 4.32. The molecule has 1 fully saturated rings. The molecule has 8 nitrogen and oxygen atoms in total. The van der Waals surface area contributed by atoms with Crippen molar-refractivity contribution in [3.8, 4) is 11.8 Å². The van der Waals surface area contributed by atoms with Crippen molar-refractivity contribution in [2.75, 3.05) is 13.2 Å². The van der Waals surface area contributed by atoms with Crippen molar-refractivity contribution in [1.29, 1.82) is 0 Å². The van der Waals surface area contributed by atoms with Crippen LogP contribution in [0.2, 0.25) is 0 Å². The molecule has 0 saturated carbocycles. The summed E-state index contributed by atoms with van der Waals surface area (Å²) < 4.78 is 29.0. The summed E-state index contributed by atoms with van der Waals surface area (Å²) in [5.74, 6) is 4.32. The van der Waals surface area contributed by atoms with Crippen LogP contribution in [0.4, 0.5) is 0 Å². The SMILES string of the molecule is CC(=O)OC[C@H]1O[C@@H](Sc2ccc3ccccc3c2)[C@H](OC(C)=O)[C@@H](OCC#Cc2ccccc2)[C@H]1OC(C)=O. The Labute approximate surface area is 237 Å². The molecule has 0 radical (unpaired) electrons. The first-order valence-corrected chi connectivity index (χ1v) is 13.6. The lowest BCUT2D eigenvalue weighted by molar-refractivity contribution is -0.237. The van der Waals surface area contributed by atoms with Crippen LogP contribution < -0.4 is 0 Å². The van der Waals surface area contributed by atoms with Crippen LogP contribution >= 0.6 is 11.8 Å². The molecule has 0 unspecified atom stereocenters. The van der Waals surface area contributed by atoms with Gasteiger partial charge in [-0.15, -0.1) is 0 Å². The third-order valence-electron chi connectivity index (χ3n) is 5.97. The number of hydrogen-bond acceptors (Lipinski definition) is 9. The highest BCUT2D eigenvalue weighted by molar-refractivity contribution is 7.99. The maximum Gasteiger partial charge on any atom is 0.303 e. The molecule has 9 heteroatoms. The second-order valence-electron chi connectivity index (χ2n) is 9.06. The number of esters is 3. The van der Waals surface area contributed by atoms with E-state index in [1.54, 1.807) is 0 Å². The molecule has 1 aliphatic rings. The molecule has 0 aromatic heterocycles. The second kappa shape index (κ2) is 14.0. The van der Waals surface area contributed by atoms with E-state index < -0.39 is 47.8 Å². The number of benzene rings is 3. The Morgan fingerprint density at radius 3 is 2.17 bits per heavy atom. The van der Waals surface area contributed by atoms with Gasteiger partial charge in [-0.3, -0.25) is 14.4 Å². The Balaban J connectivity index is 1.66. The van der Waals surface area contributed by atoms with E-state index >= 15 is 0 Å². The third-order valence-corrected chi connectivity index (χ3v) is 7.11. The molecule has 0 spiro atoms. The van der Waals surface area contributed by atoms with E-state index in [1.165, 1.54) is 32.5 Å². The highest BCUT2D eigenvalue weighted by Crippen LogP contribution is 2.38. The summed E-state index contributed by atoms with van der Waals surface area (Å²) >= 11 is 1.33. The van der Waals surface area contributed by atoms with Crippen molar-refractivity contribution in [2.24, 2.45) is 0 Å². The number of carbonyl (C=O) groups excluding carboxylic acids is 3. The Morgan fingerprint density at radius 1 is 0.800 bits per heavy atom. The highest BCUT2D eigenvalue weighted by Gasteiger charge is 2.51. The fraction of sp³-hybridized carbons (Fsp3) is 0.323. The average molecular weight is 563 g/mol. The summed E-state index contributed by atoms with van der Waals surface area (Å²) in [4.78, 5) is 36.8. The monoisotopic (exact) mass is 562 g/mol. The van der Waals surface area contributed by atoms with Crippen LogP contribution in [0.25, 0.3) is 10.8 Å². The van der Waals surface area contributed by atoms with E-state index in [9.17, 15) is 14.4 Å². The quantitative estimate of drug-likeness (QED) is 0.223. The van der Waals surface area contributed by atoms with Crippen LogP contribution in [0.5, 0.6) is 0 Å². The second-order valence-corrected chi connectivity index (χ2v) is 10.2. The lowest BCUT2D eigenvalue weighted by Gasteiger charge is -2.44. The first kappa shape index (κ1) is 29.2. The van der Waals surface area contributed by atoms with Crippen LogP contribution in [-0.4, -0.2) is 61.0 Å². The van der Waals surface area contributed by atoms with Gasteiger partial charge in [-0.1, -0.05) is 72.1 Å². The van der Waals surface area contributed by atoms with Crippen molar-refractivity contribution in [2.45, 2.75) is 55.5 Å². The number of hydrogen-bond donors (Lipinski definition) is 0. The van der Waals surface area contributed by atoms with Gasteiger partial charge < -0.3 is 23.7 Å². The molecule has 3 aromatic rings. The van der Waals surface area contributed by atoms with E-state index in [0.29, 0.717) is 0 Å². The van der Waals surface area contributed by atoms with Gasteiger partial charge in [0.15, 0.2) is 12.2 Å².